The quantitative estimate of drug-likeness (QED) is 0.622. The summed E-state index contributed by atoms with van der Waals surface area (Å²) in [7, 11) is 0. The van der Waals surface area contributed by atoms with Crippen molar-refractivity contribution in [1.82, 2.24) is 10.6 Å². The highest BCUT2D eigenvalue weighted by Crippen LogP contribution is 2.26. The highest BCUT2D eigenvalue weighted by molar-refractivity contribution is 4.86. The molecule has 11 heavy (non-hydrogen) atoms. The molecule has 1 aliphatic heterocycles. The van der Waals surface area contributed by atoms with Gasteiger partial charge < -0.3 is 10.6 Å². The molecular weight excluding hydrogens is 136 g/mol. The number of nitrogens with one attached hydrogen (secondary N) is 2. The van der Waals surface area contributed by atoms with E-state index in [0.717, 1.165) is 17.9 Å². The van der Waals surface area contributed by atoms with E-state index in [4.69, 9.17) is 0 Å². The standard InChI is InChI=1S/C9H18N2/c1-7-2-3-9(7)11-6-8-4-10-5-8/h7-11H,2-6H2,1H3. The topological polar surface area (TPSA) is 24.1 Å². The maximum atomic E-state index is 3.63. The largest absolute Gasteiger partial charge is 0.316 e. The Bertz CT molecular complexity index is 132. The van der Waals surface area contributed by atoms with E-state index >= 15 is 0 Å². The number of hydrogen-bond acceptors (Lipinski definition) is 2. The minimum absolute atomic E-state index is 0.843. The van der Waals surface area contributed by atoms with Crippen LogP contribution in [0.2, 0.25) is 0 Å². The van der Waals surface area contributed by atoms with Crippen molar-refractivity contribution >= 4 is 0 Å². The average molecular weight is 154 g/mol. The molecule has 1 saturated carbocycles. The molecule has 0 amide bonds. The first kappa shape index (κ1) is 7.56. The van der Waals surface area contributed by atoms with Gasteiger partial charge in [-0.05, 0) is 24.7 Å². The van der Waals surface area contributed by atoms with Gasteiger partial charge >= 0.3 is 0 Å². The van der Waals surface area contributed by atoms with Crippen molar-refractivity contribution in [2.24, 2.45) is 11.8 Å². The highest BCUT2D eigenvalue weighted by atomic mass is 15.0. The zero-order valence-electron chi connectivity index (χ0n) is 7.27. The molecule has 0 bridgehead atoms. The Labute approximate surface area is 68.7 Å². The van der Waals surface area contributed by atoms with Crippen LogP contribution in [0, 0.1) is 11.8 Å². The van der Waals surface area contributed by atoms with Crippen molar-refractivity contribution in [2.45, 2.75) is 25.8 Å². The molecule has 0 aromatic heterocycles. The van der Waals surface area contributed by atoms with E-state index < -0.39 is 0 Å². The van der Waals surface area contributed by atoms with Crippen LogP contribution in [0.15, 0.2) is 0 Å². The van der Waals surface area contributed by atoms with Crippen LogP contribution in [-0.2, 0) is 0 Å². The molecular formula is C9H18N2. The fourth-order valence-electron chi connectivity index (χ4n) is 1.78. The predicted octanol–water partition coefficient (Wildman–Crippen LogP) is 0.594. The van der Waals surface area contributed by atoms with Crippen molar-refractivity contribution in [3.8, 4) is 0 Å². The Kier molecular flexibility index (Phi) is 2.14. The van der Waals surface area contributed by atoms with Crippen LogP contribution < -0.4 is 10.6 Å². The molecule has 2 unspecified atom stereocenters. The first-order valence-corrected chi connectivity index (χ1v) is 4.80. The van der Waals surface area contributed by atoms with E-state index in [1.165, 1.54) is 32.5 Å². The summed E-state index contributed by atoms with van der Waals surface area (Å²) in [5.74, 6) is 1.85. The fourth-order valence-corrected chi connectivity index (χ4v) is 1.78. The van der Waals surface area contributed by atoms with Crippen molar-refractivity contribution in [1.29, 1.82) is 0 Å². The average Bonchev–Trinajstić information content (AvgIpc) is 1.91. The van der Waals surface area contributed by atoms with E-state index in [9.17, 15) is 0 Å². The molecule has 1 aliphatic carbocycles. The van der Waals surface area contributed by atoms with Crippen LogP contribution >= 0.6 is 0 Å². The summed E-state index contributed by atoms with van der Waals surface area (Å²) in [6.45, 7) is 6.05. The lowest BCUT2D eigenvalue weighted by Gasteiger charge is -2.37. The van der Waals surface area contributed by atoms with Gasteiger partial charge in [0.2, 0.25) is 0 Å². The Hall–Kier alpha value is -0.0800. The molecule has 2 aliphatic rings. The van der Waals surface area contributed by atoms with Crippen LogP contribution in [0.25, 0.3) is 0 Å². The Morgan fingerprint density at radius 2 is 2.18 bits per heavy atom. The third-order valence-electron chi connectivity index (χ3n) is 3.15. The summed E-state index contributed by atoms with van der Waals surface area (Å²) < 4.78 is 0. The normalized spacial score (nSPS) is 37.9. The summed E-state index contributed by atoms with van der Waals surface area (Å²) in [5.41, 5.74) is 0. The third kappa shape index (κ3) is 1.57. The molecule has 2 atom stereocenters. The van der Waals surface area contributed by atoms with Gasteiger partial charge in [-0.15, -0.1) is 0 Å². The summed E-state index contributed by atoms with van der Waals surface area (Å²) in [5, 5.41) is 6.92. The molecule has 0 aromatic rings. The zero-order valence-corrected chi connectivity index (χ0v) is 7.27. The maximum absolute atomic E-state index is 3.63. The lowest BCUT2D eigenvalue weighted by atomic mass is 9.81. The van der Waals surface area contributed by atoms with E-state index in [1.54, 1.807) is 0 Å². The number of hydrogen-bond donors (Lipinski definition) is 2. The molecule has 2 nitrogen and oxygen atoms in total. The monoisotopic (exact) mass is 154 g/mol. The molecule has 1 heterocycles. The van der Waals surface area contributed by atoms with Crippen molar-refractivity contribution < 1.29 is 0 Å². The van der Waals surface area contributed by atoms with Gasteiger partial charge in [0.15, 0.2) is 0 Å². The predicted molar refractivity (Wildman–Crippen MR) is 46.5 cm³/mol. The highest BCUT2D eigenvalue weighted by Gasteiger charge is 2.27. The minimum atomic E-state index is 0.843. The SMILES string of the molecule is CC1CCC1NCC1CNC1. The van der Waals surface area contributed by atoms with Gasteiger partial charge in [0.25, 0.3) is 0 Å². The fraction of sp³-hybridized carbons (Fsp3) is 1.00. The van der Waals surface area contributed by atoms with Gasteiger partial charge in [-0.3, -0.25) is 0 Å². The second-order valence-corrected chi connectivity index (χ2v) is 4.09. The van der Waals surface area contributed by atoms with Gasteiger partial charge in [0, 0.05) is 25.7 Å². The molecule has 0 aromatic carbocycles. The molecule has 0 spiro atoms. The van der Waals surface area contributed by atoms with Gasteiger partial charge in [-0.25, -0.2) is 0 Å². The Balaban J connectivity index is 1.58. The van der Waals surface area contributed by atoms with Crippen LogP contribution in [0.3, 0.4) is 0 Å². The van der Waals surface area contributed by atoms with Gasteiger partial charge in [-0.1, -0.05) is 6.92 Å². The molecule has 1 saturated heterocycles. The van der Waals surface area contributed by atoms with Crippen LogP contribution in [0.1, 0.15) is 19.8 Å². The maximum Gasteiger partial charge on any atom is 0.00929 e. The van der Waals surface area contributed by atoms with Crippen LogP contribution in [0.5, 0.6) is 0 Å². The molecule has 64 valence electrons. The van der Waals surface area contributed by atoms with Crippen LogP contribution in [0.4, 0.5) is 0 Å². The van der Waals surface area contributed by atoms with Crippen LogP contribution in [-0.4, -0.2) is 25.7 Å². The molecule has 0 radical (unpaired) electrons. The van der Waals surface area contributed by atoms with Gasteiger partial charge in [0.05, 0.1) is 0 Å². The second kappa shape index (κ2) is 3.11. The minimum Gasteiger partial charge on any atom is -0.316 e. The molecule has 2 heteroatoms. The molecule has 2 fully saturated rings. The summed E-state index contributed by atoms with van der Waals surface area (Å²) in [4.78, 5) is 0. The Morgan fingerprint density at radius 1 is 1.36 bits per heavy atom. The van der Waals surface area contributed by atoms with Gasteiger partial charge in [0.1, 0.15) is 0 Å². The van der Waals surface area contributed by atoms with Gasteiger partial charge in [-0.2, -0.15) is 0 Å². The zero-order chi connectivity index (χ0) is 7.68. The Morgan fingerprint density at radius 3 is 2.55 bits per heavy atom. The van der Waals surface area contributed by atoms with E-state index in [0.29, 0.717) is 0 Å². The van der Waals surface area contributed by atoms with E-state index in [1.807, 2.05) is 0 Å². The lowest BCUT2D eigenvalue weighted by molar-refractivity contribution is 0.206. The molecule has 2 rings (SSSR count). The lowest BCUT2D eigenvalue weighted by Crippen LogP contribution is -2.51. The summed E-state index contributed by atoms with van der Waals surface area (Å²) in [6.07, 6.45) is 2.84. The first-order valence-electron chi connectivity index (χ1n) is 4.80. The smallest absolute Gasteiger partial charge is 0.00929 e. The van der Waals surface area contributed by atoms with E-state index in [-0.39, 0.29) is 0 Å². The first-order chi connectivity index (χ1) is 5.36. The summed E-state index contributed by atoms with van der Waals surface area (Å²) in [6, 6.07) is 0.843. The number of rotatable bonds is 3. The third-order valence-corrected chi connectivity index (χ3v) is 3.15. The second-order valence-electron chi connectivity index (χ2n) is 4.09. The summed E-state index contributed by atoms with van der Waals surface area (Å²) >= 11 is 0. The van der Waals surface area contributed by atoms with E-state index in [2.05, 4.69) is 17.6 Å². The van der Waals surface area contributed by atoms with Crippen molar-refractivity contribution in [2.75, 3.05) is 19.6 Å². The molecule has 2 N–H and O–H groups in total. The van der Waals surface area contributed by atoms with Crippen molar-refractivity contribution in [3.05, 3.63) is 0 Å². The van der Waals surface area contributed by atoms with Crippen molar-refractivity contribution in [3.63, 3.8) is 0 Å².